The lowest BCUT2D eigenvalue weighted by molar-refractivity contribution is -0.125. The summed E-state index contributed by atoms with van der Waals surface area (Å²) in [5, 5.41) is 3.13. The van der Waals surface area contributed by atoms with E-state index >= 15 is 0 Å². The molecule has 0 saturated carbocycles. The van der Waals surface area contributed by atoms with Gasteiger partial charge in [-0.2, -0.15) is 13.2 Å². The minimum atomic E-state index is -4.33. The van der Waals surface area contributed by atoms with E-state index in [0.29, 0.717) is 15.7 Å². The van der Waals surface area contributed by atoms with Crippen molar-refractivity contribution in [2.45, 2.75) is 6.18 Å². The molecule has 0 bridgehead atoms. The Morgan fingerprint density at radius 3 is 2.28 bits per heavy atom. The highest BCUT2D eigenvalue weighted by atomic mass is 35.5. The summed E-state index contributed by atoms with van der Waals surface area (Å²) in [4.78, 5) is 0. The summed E-state index contributed by atoms with van der Waals surface area (Å²) in [6.07, 6.45) is -4.33. The van der Waals surface area contributed by atoms with Crippen molar-refractivity contribution in [3.8, 4) is 0 Å². The Bertz CT molecular complexity index is 419. The Morgan fingerprint density at radius 2 is 1.78 bits per heavy atom. The highest BCUT2D eigenvalue weighted by molar-refractivity contribution is 7.80. The summed E-state index contributed by atoms with van der Waals surface area (Å²) in [6, 6.07) is 4.78. The molecule has 0 aliphatic rings. The van der Waals surface area contributed by atoms with Gasteiger partial charge < -0.3 is 5.32 Å². The Labute approximate surface area is 117 Å². The molecule has 0 saturated heterocycles. The smallest absolute Gasteiger partial charge is 0.329 e. The molecule has 3 nitrogen and oxygen atoms in total. The maximum absolute atomic E-state index is 11.9. The van der Waals surface area contributed by atoms with Crippen molar-refractivity contribution in [2.24, 2.45) is 0 Å². The van der Waals surface area contributed by atoms with Gasteiger partial charge in [0.1, 0.15) is 6.54 Å². The molecule has 0 aliphatic heterocycles. The number of hydrogen-bond acceptors (Lipinski definition) is 2. The normalized spacial score (nSPS) is 11.2. The number of halogens is 5. The summed E-state index contributed by atoms with van der Waals surface area (Å²) in [5.74, 6) is 0. The molecule has 9 heteroatoms. The minimum absolute atomic E-state index is 0.0748. The molecule has 0 aliphatic carbocycles. The number of rotatable bonds is 3. The molecule has 1 aromatic carbocycles. The lowest BCUT2D eigenvalue weighted by atomic mass is 10.3. The zero-order valence-corrected chi connectivity index (χ0v) is 11.1. The molecule has 18 heavy (non-hydrogen) atoms. The van der Waals surface area contributed by atoms with Gasteiger partial charge in [-0.15, -0.1) is 0 Å². The Morgan fingerprint density at radius 1 is 1.22 bits per heavy atom. The van der Waals surface area contributed by atoms with E-state index in [1.807, 2.05) is 5.43 Å². The third kappa shape index (κ3) is 5.26. The largest absolute Gasteiger partial charge is 0.402 e. The van der Waals surface area contributed by atoms with Crippen LogP contribution in [0.25, 0.3) is 0 Å². The Balaban J connectivity index is 2.50. The number of alkyl halides is 3. The van der Waals surface area contributed by atoms with E-state index in [1.54, 1.807) is 18.2 Å². The fourth-order valence-corrected chi connectivity index (χ4v) is 1.65. The van der Waals surface area contributed by atoms with Crippen LogP contribution in [0, 0.1) is 0 Å². The average molecular weight is 318 g/mol. The van der Waals surface area contributed by atoms with Crippen LogP contribution in [0.3, 0.4) is 0 Å². The summed E-state index contributed by atoms with van der Waals surface area (Å²) in [6.45, 7) is -1.22. The van der Waals surface area contributed by atoms with E-state index in [0.717, 1.165) is 0 Å². The standard InChI is InChI=1S/C9H8Cl2F3N3S/c10-5-2-1-3-6(11)7(5)16-8(18)17-15-4-9(12,13)14/h1-3,15H,4H2,(H2,16,17,18). The number of anilines is 1. The van der Waals surface area contributed by atoms with E-state index in [2.05, 4.69) is 10.7 Å². The van der Waals surface area contributed by atoms with Crippen molar-refractivity contribution in [2.75, 3.05) is 11.9 Å². The van der Waals surface area contributed by atoms with E-state index in [1.165, 1.54) is 0 Å². The minimum Gasteiger partial charge on any atom is -0.329 e. The van der Waals surface area contributed by atoms with Gasteiger partial charge in [0.15, 0.2) is 5.11 Å². The summed E-state index contributed by atoms with van der Waals surface area (Å²) in [5.41, 5.74) is 4.42. The molecule has 0 aromatic heterocycles. The second-order valence-electron chi connectivity index (χ2n) is 3.14. The van der Waals surface area contributed by atoms with E-state index in [9.17, 15) is 13.2 Å². The van der Waals surface area contributed by atoms with Crippen LogP contribution in [-0.2, 0) is 0 Å². The highest BCUT2D eigenvalue weighted by Crippen LogP contribution is 2.29. The van der Waals surface area contributed by atoms with Crippen LogP contribution in [-0.4, -0.2) is 17.8 Å². The van der Waals surface area contributed by atoms with Gasteiger partial charge in [0.2, 0.25) is 0 Å². The van der Waals surface area contributed by atoms with Gasteiger partial charge in [-0.1, -0.05) is 29.3 Å². The molecule has 0 radical (unpaired) electrons. The van der Waals surface area contributed by atoms with E-state index < -0.39 is 12.7 Å². The van der Waals surface area contributed by atoms with Gasteiger partial charge in [-0.05, 0) is 24.4 Å². The highest BCUT2D eigenvalue weighted by Gasteiger charge is 2.26. The molecule has 3 N–H and O–H groups in total. The molecule has 100 valence electrons. The number of nitrogens with one attached hydrogen (secondary N) is 3. The second kappa shape index (κ2) is 6.42. The monoisotopic (exact) mass is 317 g/mol. The lowest BCUT2D eigenvalue weighted by Crippen LogP contribution is -2.44. The zero-order chi connectivity index (χ0) is 13.8. The molecular weight excluding hydrogens is 310 g/mol. The fraction of sp³-hybridized carbons (Fsp3) is 0.222. The van der Waals surface area contributed by atoms with Crippen LogP contribution in [0.15, 0.2) is 18.2 Å². The van der Waals surface area contributed by atoms with Gasteiger partial charge in [-0.25, -0.2) is 5.43 Å². The Hall–Kier alpha value is -0.760. The number of benzene rings is 1. The van der Waals surface area contributed by atoms with E-state index in [-0.39, 0.29) is 5.11 Å². The first-order valence-corrected chi connectivity index (χ1v) is 5.76. The zero-order valence-electron chi connectivity index (χ0n) is 8.74. The molecule has 0 unspecified atom stereocenters. The first-order valence-electron chi connectivity index (χ1n) is 4.60. The average Bonchev–Trinajstić information content (AvgIpc) is 2.22. The number of hydrogen-bond donors (Lipinski definition) is 3. The molecule has 0 atom stereocenters. The predicted molar refractivity (Wildman–Crippen MR) is 69.9 cm³/mol. The Kier molecular flexibility index (Phi) is 5.46. The second-order valence-corrected chi connectivity index (χ2v) is 4.37. The van der Waals surface area contributed by atoms with Crippen molar-refractivity contribution in [3.05, 3.63) is 28.2 Å². The lowest BCUT2D eigenvalue weighted by Gasteiger charge is -2.14. The van der Waals surface area contributed by atoms with Crippen LogP contribution in [0.1, 0.15) is 0 Å². The SMILES string of the molecule is FC(F)(F)CNNC(=S)Nc1c(Cl)cccc1Cl. The van der Waals surface area contributed by atoms with Crippen LogP contribution in [0.5, 0.6) is 0 Å². The van der Waals surface area contributed by atoms with E-state index in [4.69, 9.17) is 35.4 Å². The summed E-state index contributed by atoms with van der Waals surface area (Å²) in [7, 11) is 0. The van der Waals surface area contributed by atoms with Crippen LogP contribution in [0.2, 0.25) is 10.0 Å². The van der Waals surface area contributed by atoms with Crippen LogP contribution < -0.4 is 16.2 Å². The van der Waals surface area contributed by atoms with Gasteiger partial charge in [0, 0.05) is 0 Å². The number of para-hydroxylation sites is 1. The first-order chi connectivity index (χ1) is 8.29. The fourth-order valence-electron chi connectivity index (χ4n) is 0.987. The summed E-state index contributed by atoms with van der Waals surface area (Å²) < 4.78 is 35.6. The van der Waals surface area contributed by atoms with Gasteiger partial charge in [0.05, 0.1) is 15.7 Å². The van der Waals surface area contributed by atoms with Crippen molar-refractivity contribution >= 4 is 46.2 Å². The molecule has 0 amide bonds. The maximum Gasteiger partial charge on any atom is 0.402 e. The van der Waals surface area contributed by atoms with Crippen molar-refractivity contribution in [1.29, 1.82) is 0 Å². The number of thiocarbonyl (C=S) groups is 1. The van der Waals surface area contributed by atoms with Crippen molar-refractivity contribution < 1.29 is 13.2 Å². The number of hydrazine groups is 1. The van der Waals surface area contributed by atoms with Gasteiger partial charge in [-0.3, -0.25) is 5.43 Å². The maximum atomic E-state index is 11.9. The quantitative estimate of drug-likeness (QED) is 0.590. The summed E-state index contributed by atoms with van der Waals surface area (Å²) >= 11 is 16.5. The first kappa shape index (κ1) is 15.3. The molecule has 0 spiro atoms. The van der Waals surface area contributed by atoms with Crippen molar-refractivity contribution in [3.63, 3.8) is 0 Å². The van der Waals surface area contributed by atoms with Crippen molar-refractivity contribution in [1.82, 2.24) is 10.9 Å². The third-order valence-electron chi connectivity index (χ3n) is 1.69. The van der Waals surface area contributed by atoms with Crippen LogP contribution in [0.4, 0.5) is 18.9 Å². The van der Waals surface area contributed by atoms with Gasteiger partial charge in [0.25, 0.3) is 0 Å². The van der Waals surface area contributed by atoms with Gasteiger partial charge >= 0.3 is 6.18 Å². The van der Waals surface area contributed by atoms with Crippen LogP contribution >= 0.6 is 35.4 Å². The predicted octanol–water partition coefficient (Wildman–Crippen LogP) is 3.35. The molecule has 0 fully saturated rings. The molecular formula is C9H8Cl2F3N3S. The molecule has 1 rings (SSSR count). The third-order valence-corrected chi connectivity index (χ3v) is 2.53. The molecule has 0 heterocycles. The molecule has 1 aromatic rings. The topological polar surface area (TPSA) is 36.1 Å².